The molecule has 6 nitrogen and oxygen atoms in total. The van der Waals surface area contributed by atoms with Crippen LogP contribution in [0.3, 0.4) is 0 Å². The number of aryl methyl sites for hydroxylation is 1. The van der Waals surface area contributed by atoms with Gasteiger partial charge in [-0.2, -0.15) is 8.78 Å². The van der Waals surface area contributed by atoms with Crippen LogP contribution in [0.5, 0.6) is 11.6 Å². The fraction of sp³-hybridized carbons (Fsp3) is 0.286. The van der Waals surface area contributed by atoms with E-state index < -0.39 is 12.6 Å². The maximum atomic E-state index is 12.5. The number of ether oxygens (including phenoxy) is 3. The summed E-state index contributed by atoms with van der Waals surface area (Å²) in [6.45, 7) is -3.17. The van der Waals surface area contributed by atoms with E-state index >= 15 is 0 Å². The Morgan fingerprint density at radius 2 is 2.14 bits per heavy atom. The first-order chi connectivity index (χ1) is 10.5. The fourth-order valence-corrected chi connectivity index (χ4v) is 1.84. The van der Waals surface area contributed by atoms with Crippen molar-refractivity contribution in [2.45, 2.75) is 13.2 Å². The van der Waals surface area contributed by atoms with E-state index in [0.717, 1.165) is 0 Å². The largest absolute Gasteiger partial charge is 0.472 e. The van der Waals surface area contributed by atoms with E-state index in [9.17, 15) is 13.6 Å². The van der Waals surface area contributed by atoms with Crippen molar-refractivity contribution in [2.24, 2.45) is 7.05 Å². The Hall–Kier alpha value is -2.64. The molecule has 0 amide bonds. The van der Waals surface area contributed by atoms with Crippen molar-refractivity contribution >= 4 is 5.97 Å². The maximum Gasteiger partial charge on any atom is 0.387 e. The Morgan fingerprint density at radius 3 is 2.73 bits per heavy atom. The van der Waals surface area contributed by atoms with E-state index in [-0.39, 0.29) is 23.5 Å². The SMILES string of the molecule is COC(=O)c1cccc(OC(F)F)c1COc1ccn(C)n1. The first-order valence-corrected chi connectivity index (χ1v) is 6.28. The highest BCUT2D eigenvalue weighted by molar-refractivity contribution is 5.91. The smallest absolute Gasteiger partial charge is 0.387 e. The number of esters is 1. The van der Waals surface area contributed by atoms with Crippen LogP contribution in [-0.2, 0) is 18.4 Å². The first-order valence-electron chi connectivity index (χ1n) is 6.28. The monoisotopic (exact) mass is 312 g/mol. The number of halogens is 2. The van der Waals surface area contributed by atoms with Crippen LogP contribution in [-0.4, -0.2) is 29.5 Å². The van der Waals surface area contributed by atoms with Crippen LogP contribution < -0.4 is 9.47 Å². The molecule has 0 aliphatic rings. The van der Waals surface area contributed by atoms with Crippen LogP contribution in [0, 0.1) is 0 Å². The third-order valence-corrected chi connectivity index (χ3v) is 2.81. The van der Waals surface area contributed by atoms with Gasteiger partial charge in [0.1, 0.15) is 12.4 Å². The van der Waals surface area contributed by atoms with E-state index in [1.807, 2.05) is 0 Å². The van der Waals surface area contributed by atoms with E-state index in [0.29, 0.717) is 5.88 Å². The third kappa shape index (κ3) is 3.72. The van der Waals surface area contributed by atoms with Crippen molar-refractivity contribution in [1.82, 2.24) is 9.78 Å². The molecule has 2 rings (SSSR count). The summed E-state index contributed by atoms with van der Waals surface area (Å²) in [5.41, 5.74) is 0.261. The van der Waals surface area contributed by atoms with Gasteiger partial charge in [-0.05, 0) is 12.1 Å². The van der Waals surface area contributed by atoms with Gasteiger partial charge in [0.15, 0.2) is 0 Å². The predicted octanol–water partition coefficient (Wildman–Crippen LogP) is 2.39. The molecule has 2 aromatic rings. The summed E-state index contributed by atoms with van der Waals surface area (Å²) in [4.78, 5) is 11.7. The molecule has 1 aromatic heterocycles. The molecule has 0 fully saturated rings. The molecule has 0 bridgehead atoms. The van der Waals surface area contributed by atoms with Crippen LogP contribution in [0.25, 0.3) is 0 Å². The van der Waals surface area contributed by atoms with E-state index in [1.54, 1.807) is 19.3 Å². The molecule has 0 saturated heterocycles. The van der Waals surface area contributed by atoms with Crippen LogP contribution in [0.15, 0.2) is 30.5 Å². The second-order valence-corrected chi connectivity index (χ2v) is 4.27. The van der Waals surface area contributed by atoms with Gasteiger partial charge in [0, 0.05) is 24.9 Å². The maximum absolute atomic E-state index is 12.5. The zero-order valence-electron chi connectivity index (χ0n) is 12.0. The summed E-state index contributed by atoms with van der Waals surface area (Å²) in [5.74, 6) is -0.515. The van der Waals surface area contributed by atoms with Gasteiger partial charge in [-0.25, -0.2) is 4.79 Å². The highest BCUT2D eigenvalue weighted by atomic mass is 19.3. The highest BCUT2D eigenvalue weighted by Gasteiger charge is 2.19. The normalized spacial score (nSPS) is 10.6. The molecule has 0 unspecified atom stereocenters. The number of rotatable bonds is 6. The molecule has 0 aliphatic carbocycles. The molecule has 0 aliphatic heterocycles. The van der Waals surface area contributed by atoms with Crippen LogP contribution in [0.1, 0.15) is 15.9 Å². The molecular formula is C14H14F2N2O4. The average Bonchev–Trinajstić information content (AvgIpc) is 2.90. The van der Waals surface area contributed by atoms with Crippen LogP contribution in [0.2, 0.25) is 0 Å². The van der Waals surface area contributed by atoms with Crippen molar-refractivity contribution < 1.29 is 27.8 Å². The second-order valence-electron chi connectivity index (χ2n) is 4.27. The standard InChI is InChI=1S/C14H14F2N2O4/c1-18-7-6-12(17-18)21-8-10-9(13(19)20-2)4-3-5-11(10)22-14(15)16/h3-7,14H,8H2,1-2H3. The third-order valence-electron chi connectivity index (χ3n) is 2.81. The van der Waals surface area contributed by atoms with Crippen LogP contribution >= 0.6 is 0 Å². The summed E-state index contributed by atoms with van der Waals surface area (Å²) in [6, 6.07) is 5.81. The zero-order chi connectivity index (χ0) is 16.1. The highest BCUT2D eigenvalue weighted by Crippen LogP contribution is 2.26. The molecule has 0 spiro atoms. The summed E-state index contributed by atoms with van der Waals surface area (Å²) in [7, 11) is 2.91. The van der Waals surface area contributed by atoms with Crippen molar-refractivity contribution in [3.05, 3.63) is 41.6 Å². The number of carbonyl (C=O) groups excluding carboxylic acids is 1. The summed E-state index contributed by atoms with van der Waals surface area (Å²) in [6.07, 6.45) is 1.66. The molecule has 8 heteroatoms. The number of hydrogen-bond acceptors (Lipinski definition) is 5. The van der Waals surface area contributed by atoms with E-state index in [4.69, 9.17) is 4.74 Å². The Bertz CT molecular complexity index is 658. The number of nitrogens with zero attached hydrogens (tertiary/aromatic N) is 2. The number of alkyl halides is 2. The number of methoxy groups -OCH3 is 1. The fourth-order valence-electron chi connectivity index (χ4n) is 1.84. The zero-order valence-corrected chi connectivity index (χ0v) is 12.0. The quantitative estimate of drug-likeness (QED) is 0.766. The van der Waals surface area contributed by atoms with Crippen molar-refractivity contribution in [3.63, 3.8) is 0 Å². The lowest BCUT2D eigenvalue weighted by molar-refractivity contribution is -0.0509. The van der Waals surface area contributed by atoms with Gasteiger partial charge in [-0.1, -0.05) is 6.07 Å². The first kappa shape index (κ1) is 15.7. The molecule has 22 heavy (non-hydrogen) atoms. The Labute approximate surface area is 125 Å². The van der Waals surface area contributed by atoms with Gasteiger partial charge in [-0.15, -0.1) is 5.10 Å². The number of benzene rings is 1. The van der Waals surface area contributed by atoms with E-state index in [2.05, 4.69) is 14.6 Å². The molecule has 0 N–H and O–H groups in total. The van der Waals surface area contributed by atoms with Gasteiger partial charge >= 0.3 is 12.6 Å². The van der Waals surface area contributed by atoms with Crippen molar-refractivity contribution in [1.29, 1.82) is 0 Å². The molecule has 0 atom stereocenters. The van der Waals surface area contributed by atoms with Gasteiger partial charge in [0.25, 0.3) is 0 Å². The predicted molar refractivity (Wildman–Crippen MR) is 72.0 cm³/mol. The number of aromatic nitrogens is 2. The minimum atomic E-state index is -3.01. The lowest BCUT2D eigenvalue weighted by Gasteiger charge is -2.14. The van der Waals surface area contributed by atoms with E-state index in [1.165, 1.54) is 30.0 Å². The lowest BCUT2D eigenvalue weighted by Crippen LogP contribution is -2.12. The van der Waals surface area contributed by atoms with Gasteiger partial charge in [-0.3, -0.25) is 4.68 Å². The number of carbonyl (C=O) groups is 1. The summed E-state index contributed by atoms with van der Waals surface area (Å²) < 4.78 is 41.0. The molecule has 1 aromatic carbocycles. The van der Waals surface area contributed by atoms with Crippen molar-refractivity contribution in [3.8, 4) is 11.6 Å². The molecule has 1 heterocycles. The molecular weight excluding hydrogens is 298 g/mol. The van der Waals surface area contributed by atoms with Crippen molar-refractivity contribution in [2.75, 3.05) is 7.11 Å². The van der Waals surface area contributed by atoms with Gasteiger partial charge < -0.3 is 14.2 Å². The Morgan fingerprint density at radius 1 is 1.36 bits per heavy atom. The average molecular weight is 312 g/mol. The second kappa shape index (κ2) is 6.88. The topological polar surface area (TPSA) is 62.6 Å². The Balaban J connectivity index is 2.29. The minimum Gasteiger partial charge on any atom is -0.472 e. The lowest BCUT2D eigenvalue weighted by atomic mass is 10.1. The molecule has 0 saturated carbocycles. The molecule has 118 valence electrons. The molecule has 0 radical (unpaired) electrons. The van der Waals surface area contributed by atoms with Crippen LogP contribution in [0.4, 0.5) is 8.78 Å². The summed E-state index contributed by atoms with van der Waals surface area (Å²) in [5, 5.41) is 4.00. The Kier molecular flexibility index (Phi) is 4.92. The number of hydrogen-bond donors (Lipinski definition) is 0. The summed E-state index contributed by atoms with van der Waals surface area (Å²) >= 11 is 0. The van der Waals surface area contributed by atoms with Gasteiger partial charge in [0.05, 0.1) is 12.7 Å². The van der Waals surface area contributed by atoms with Gasteiger partial charge in [0.2, 0.25) is 5.88 Å². The minimum absolute atomic E-state index is 0.0941.